The van der Waals surface area contributed by atoms with E-state index in [-0.39, 0.29) is 11.6 Å². The van der Waals surface area contributed by atoms with Gasteiger partial charge in [0.2, 0.25) is 0 Å². The highest BCUT2D eigenvalue weighted by Gasteiger charge is 2.75. The summed E-state index contributed by atoms with van der Waals surface area (Å²) in [4.78, 5) is 12.0. The summed E-state index contributed by atoms with van der Waals surface area (Å²) in [5.74, 6) is -4.59. The summed E-state index contributed by atoms with van der Waals surface area (Å²) >= 11 is 0. The number of nitrogens with one attached hydrogen (secondary N) is 1. The Labute approximate surface area is 165 Å². The number of benzene rings is 2. The van der Waals surface area contributed by atoms with E-state index in [2.05, 4.69) is 0 Å². The number of carbonyl (C=O) groups excluding carboxylic acids is 1. The highest BCUT2D eigenvalue weighted by atomic mass is 19.4. The summed E-state index contributed by atoms with van der Waals surface area (Å²) in [5, 5.41) is 1.51. The summed E-state index contributed by atoms with van der Waals surface area (Å²) in [5.41, 5.74) is -11.4. The molecule has 0 heterocycles. The second kappa shape index (κ2) is 7.57. The van der Waals surface area contributed by atoms with Crippen molar-refractivity contribution in [3.8, 4) is 0 Å². The van der Waals surface area contributed by atoms with Gasteiger partial charge in [0.05, 0.1) is 11.3 Å². The molecule has 2 rings (SSSR count). The summed E-state index contributed by atoms with van der Waals surface area (Å²) in [7, 11) is 0. The maximum atomic E-state index is 14.5. The summed E-state index contributed by atoms with van der Waals surface area (Å²) in [6.45, 7) is 0. The quantitative estimate of drug-likeness (QED) is 0.433. The number of nitrogens with two attached hydrogens (primary N) is 1. The molecular weight excluding hydrogens is 457 g/mol. The van der Waals surface area contributed by atoms with Gasteiger partial charge in [-0.15, -0.1) is 0 Å². The third-order valence-corrected chi connectivity index (χ3v) is 3.99. The molecule has 3 N–H and O–H groups in total. The average Bonchev–Trinajstić information content (AvgIpc) is 2.58. The first-order valence-corrected chi connectivity index (χ1v) is 7.81. The molecule has 0 aliphatic heterocycles. The number of hydrogen-bond acceptors (Lipinski definition) is 2. The molecule has 0 aromatic heterocycles. The zero-order chi connectivity index (χ0) is 24.0. The van der Waals surface area contributed by atoms with Crippen molar-refractivity contribution in [1.82, 2.24) is 0 Å². The fourth-order valence-electron chi connectivity index (χ4n) is 2.62. The molecule has 0 atom stereocenters. The first-order valence-electron chi connectivity index (χ1n) is 7.81. The number of nitrogen functional groups attached to an aromatic ring is 1. The van der Waals surface area contributed by atoms with Crippen LogP contribution in [0.25, 0.3) is 0 Å². The van der Waals surface area contributed by atoms with Crippen molar-refractivity contribution in [2.45, 2.75) is 24.2 Å². The lowest BCUT2D eigenvalue weighted by Gasteiger charge is -2.32. The Morgan fingerprint density at radius 2 is 1.29 bits per heavy atom. The first-order chi connectivity index (χ1) is 13.9. The monoisotopic (exact) mass is 466 g/mol. The van der Waals surface area contributed by atoms with Crippen LogP contribution in [0.5, 0.6) is 0 Å². The molecule has 0 saturated carbocycles. The van der Waals surface area contributed by atoms with Crippen molar-refractivity contribution in [3.05, 3.63) is 58.9 Å². The van der Waals surface area contributed by atoms with Crippen molar-refractivity contribution >= 4 is 17.3 Å². The molecule has 0 unspecified atom stereocenters. The second-order valence-electron chi connectivity index (χ2n) is 6.05. The summed E-state index contributed by atoms with van der Waals surface area (Å²) < 4.78 is 146. The fraction of sp³-hybridized carbons (Fsp3) is 0.235. The lowest BCUT2D eigenvalue weighted by atomic mass is 9.89. The van der Waals surface area contributed by atoms with Crippen LogP contribution < -0.4 is 11.1 Å². The van der Waals surface area contributed by atoms with Crippen molar-refractivity contribution in [2.75, 3.05) is 11.1 Å². The van der Waals surface area contributed by atoms with Crippen LogP contribution in [0.1, 0.15) is 21.5 Å². The Balaban J connectivity index is 2.81. The molecule has 1 amide bonds. The zero-order valence-electron chi connectivity index (χ0n) is 14.6. The Kier molecular flexibility index (Phi) is 5.91. The number of amides is 1. The van der Waals surface area contributed by atoms with E-state index in [0.29, 0.717) is 0 Å². The lowest BCUT2D eigenvalue weighted by Crippen LogP contribution is -2.51. The standard InChI is InChI=1S/C17H9F11N2O/c18-12-10(14(19,16(23,24)25)17(26,27)28)8(29)6-9(11(12)15(20,21)22)30-13(31)7-4-2-1-3-5-7/h1-6H,29H2,(H,30,31). The van der Waals surface area contributed by atoms with Gasteiger partial charge in [0.25, 0.3) is 5.91 Å². The van der Waals surface area contributed by atoms with E-state index < -0.39 is 58.4 Å². The summed E-state index contributed by atoms with van der Waals surface area (Å²) in [6.07, 6.45) is -19.8. The molecule has 0 bridgehead atoms. The molecule has 31 heavy (non-hydrogen) atoms. The summed E-state index contributed by atoms with van der Waals surface area (Å²) in [6, 6.07) is 5.93. The molecule has 2 aromatic carbocycles. The topological polar surface area (TPSA) is 55.1 Å². The van der Waals surface area contributed by atoms with E-state index >= 15 is 0 Å². The molecule has 0 aliphatic rings. The van der Waals surface area contributed by atoms with E-state index in [1.54, 1.807) is 0 Å². The van der Waals surface area contributed by atoms with Crippen LogP contribution >= 0.6 is 0 Å². The van der Waals surface area contributed by atoms with E-state index in [1.807, 2.05) is 0 Å². The van der Waals surface area contributed by atoms with Crippen LogP contribution in [0.15, 0.2) is 36.4 Å². The minimum absolute atomic E-state index is 0.228. The Hall–Kier alpha value is -3.06. The SMILES string of the molecule is Nc1cc(NC(=O)c2ccccc2)c(C(F)(F)F)c(F)c1C(F)(C(F)(F)F)C(F)(F)F. The maximum Gasteiger partial charge on any atom is 0.436 e. The molecule has 0 spiro atoms. The molecule has 14 heteroatoms. The van der Waals surface area contributed by atoms with Gasteiger partial charge in [0, 0.05) is 11.3 Å². The van der Waals surface area contributed by atoms with Crippen LogP contribution in [0.3, 0.4) is 0 Å². The molecule has 0 saturated heterocycles. The van der Waals surface area contributed by atoms with Gasteiger partial charge in [0.15, 0.2) is 0 Å². The average molecular weight is 466 g/mol. The van der Waals surface area contributed by atoms with E-state index in [0.717, 1.165) is 12.1 Å². The smallest absolute Gasteiger partial charge is 0.398 e. The fourth-order valence-corrected chi connectivity index (χ4v) is 2.62. The number of alkyl halides is 10. The largest absolute Gasteiger partial charge is 0.436 e. The van der Waals surface area contributed by atoms with Gasteiger partial charge >= 0.3 is 24.2 Å². The van der Waals surface area contributed by atoms with Crippen LogP contribution in [0.2, 0.25) is 0 Å². The van der Waals surface area contributed by atoms with Gasteiger partial charge < -0.3 is 11.1 Å². The molecule has 0 radical (unpaired) electrons. The molecule has 3 nitrogen and oxygen atoms in total. The first kappa shape index (κ1) is 24.2. The lowest BCUT2D eigenvalue weighted by molar-refractivity contribution is -0.349. The Morgan fingerprint density at radius 3 is 1.71 bits per heavy atom. The van der Waals surface area contributed by atoms with Crippen molar-refractivity contribution in [2.24, 2.45) is 0 Å². The van der Waals surface area contributed by atoms with E-state index in [1.165, 1.54) is 23.5 Å². The number of hydrogen-bond donors (Lipinski definition) is 2. The molecule has 170 valence electrons. The maximum absolute atomic E-state index is 14.5. The Bertz CT molecular complexity index is 965. The second-order valence-corrected chi connectivity index (χ2v) is 6.05. The highest BCUT2D eigenvalue weighted by Crippen LogP contribution is 2.57. The molecule has 2 aromatic rings. The van der Waals surface area contributed by atoms with E-state index in [9.17, 15) is 53.1 Å². The van der Waals surface area contributed by atoms with Gasteiger partial charge in [-0.3, -0.25) is 4.79 Å². The van der Waals surface area contributed by atoms with Crippen LogP contribution in [0, 0.1) is 5.82 Å². The van der Waals surface area contributed by atoms with Crippen molar-refractivity contribution in [1.29, 1.82) is 0 Å². The van der Waals surface area contributed by atoms with Crippen LogP contribution in [0.4, 0.5) is 59.7 Å². The predicted octanol–water partition coefficient (Wildman–Crippen LogP) is 5.97. The van der Waals surface area contributed by atoms with Gasteiger partial charge in [0.1, 0.15) is 11.4 Å². The Morgan fingerprint density at radius 1 is 0.806 bits per heavy atom. The number of rotatable bonds is 3. The number of anilines is 2. The number of carbonyl (C=O) groups is 1. The van der Waals surface area contributed by atoms with Gasteiger partial charge in [-0.1, -0.05) is 18.2 Å². The minimum Gasteiger partial charge on any atom is -0.398 e. The van der Waals surface area contributed by atoms with Gasteiger partial charge in [-0.2, -0.15) is 39.5 Å². The highest BCUT2D eigenvalue weighted by molar-refractivity contribution is 6.05. The van der Waals surface area contributed by atoms with Crippen LogP contribution in [-0.2, 0) is 11.8 Å². The van der Waals surface area contributed by atoms with Gasteiger partial charge in [-0.05, 0) is 18.2 Å². The zero-order valence-corrected chi connectivity index (χ0v) is 14.6. The molecule has 0 aliphatic carbocycles. The third kappa shape index (κ3) is 4.23. The van der Waals surface area contributed by atoms with Crippen molar-refractivity contribution < 1.29 is 53.1 Å². The number of halogens is 11. The van der Waals surface area contributed by atoms with E-state index in [4.69, 9.17) is 5.73 Å². The predicted molar refractivity (Wildman–Crippen MR) is 85.1 cm³/mol. The van der Waals surface area contributed by atoms with Gasteiger partial charge in [-0.25, -0.2) is 8.78 Å². The van der Waals surface area contributed by atoms with Crippen molar-refractivity contribution in [3.63, 3.8) is 0 Å². The normalized spacial score (nSPS) is 13.3. The molecular formula is C17H9F11N2O. The third-order valence-electron chi connectivity index (χ3n) is 3.99. The minimum atomic E-state index is -6.92. The van der Waals surface area contributed by atoms with Crippen LogP contribution in [-0.4, -0.2) is 18.3 Å². The molecule has 0 fully saturated rings.